The first-order valence-corrected chi connectivity index (χ1v) is 10.6. The normalized spacial score (nSPS) is 18.1. The molecule has 4 rings (SSSR count). The number of alkyl halides is 3. The molecule has 0 spiro atoms. The quantitative estimate of drug-likeness (QED) is 0.433. The van der Waals surface area contributed by atoms with Gasteiger partial charge in [-0.15, -0.1) is 25.6 Å². The number of para-hydroxylation sites is 2. The molecule has 7 nitrogen and oxygen atoms in total. The zero-order valence-electron chi connectivity index (χ0n) is 18.4. The summed E-state index contributed by atoms with van der Waals surface area (Å²) in [7, 11) is 1.80. The van der Waals surface area contributed by atoms with Crippen molar-refractivity contribution in [1.82, 2.24) is 9.97 Å². The smallest absolute Gasteiger partial charge is 0.405 e. The molecule has 0 bridgehead atoms. The topological polar surface area (TPSA) is 102 Å². The zero-order valence-corrected chi connectivity index (χ0v) is 19.2. The molecule has 0 saturated heterocycles. The van der Waals surface area contributed by atoms with Gasteiger partial charge in [0.2, 0.25) is 5.95 Å². The van der Waals surface area contributed by atoms with Gasteiger partial charge in [-0.3, -0.25) is 4.79 Å². The molecule has 0 aliphatic heterocycles. The molecule has 1 aliphatic carbocycles. The Morgan fingerprint density at radius 3 is 2.41 bits per heavy atom. The molecule has 0 radical (unpaired) electrons. The number of anilines is 2. The minimum absolute atomic E-state index is 0. The summed E-state index contributed by atoms with van der Waals surface area (Å²) in [5, 5.41) is 7.35. The summed E-state index contributed by atoms with van der Waals surface area (Å²) in [4.78, 5) is 20.8. The van der Waals surface area contributed by atoms with Crippen LogP contribution in [0.25, 0.3) is 10.9 Å². The second-order valence-electron chi connectivity index (χ2n) is 7.99. The van der Waals surface area contributed by atoms with E-state index in [1.807, 2.05) is 24.3 Å². The van der Waals surface area contributed by atoms with Crippen LogP contribution in [0.15, 0.2) is 42.5 Å². The number of rotatable bonds is 6. The van der Waals surface area contributed by atoms with E-state index >= 15 is 0 Å². The first kappa shape index (κ1) is 25.4. The Bertz CT molecular complexity index is 1170. The highest BCUT2D eigenvalue weighted by Crippen LogP contribution is 2.41. The van der Waals surface area contributed by atoms with Gasteiger partial charge in [-0.2, -0.15) is 4.98 Å². The Morgan fingerprint density at radius 1 is 1.06 bits per heavy atom. The maximum Gasteiger partial charge on any atom is 0.573 e. The van der Waals surface area contributed by atoms with Gasteiger partial charge < -0.3 is 21.1 Å². The molecule has 1 fully saturated rings. The van der Waals surface area contributed by atoms with Crippen molar-refractivity contribution >= 4 is 41.0 Å². The number of nitrogens with two attached hydrogens (primary N) is 1. The molecule has 4 N–H and O–H groups in total. The van der Waals surface area contributed by atoms with Gasteiger partial charge in [0, 0.05) is 18.5 Å². The molecular weight excluding hydrogens is 471 g/mol. The number of carbonyl (C=O) groups excluding carboxylic acids is 1. The van der Waals surface area contributed by atoms with Crippen molar-refractivity contribution in [1.29, 1.82) is 0 Å². The second-order valence-corrected chi connectivity index (χ2v) is 7.99. The fourth-order valence-corrected chi connectivity index (χ4v) is 4.36. The van der Waals surface area contributed by atoms with Gasteiger partial charge in [0.25, 0.3) is 5.91 Å². The van der Waals surface area contributed by atoms with Gasteiger partial charge in [-0.1, -0.05) is 24.3 Å². The number of carbonyl (C=O) groups is 1. The van der Waals surface area contributed by atoms with E-state index in [9.17, 15) is 18.0 Å². The van der Waals surface area contributed by atoms with E-state index in [4.69, 9.17) is 5.73 Å². The molecule has 3 aromatic rings. The van der Waals surface area contributed by atoms with Crippen molar-refractivity contribution in [2.45, 2.75) is 44.0 Å². The second kappa shape index (κ2) is 10.3. The lowest BCUT2D eigenvalue weighted by Gasteiger charge is -2.31. The van der Waals surface area contributed by atoms with E-state index in [1.165, 1.54) is 12.1 Å². The standard InChI is InChI=1S/C23H24F3N5O2.ClH/c1-28-21-16-5-2-3-8-18(16)30-22(31-21)29-14-11-9-13(10-12-14)15-6-4-7-17(20(27)32)19(15)33-23(24,25)26;/h2-8,13-14H,9-12H2,1H3,(H2,27,32)(H2,28,29,30,31);1H. The first-order chi connectivity index (χ1) is 15.7. The SMILES string of the molecule is CNc1nc(NC2CCC(c3cccc(C(N)=O)c3OC(F)(F)F)CC2)nc2ccccc12.Cl. The average Bonchev–Trinajstić information content (AvgIpc) is 2.78. The maximum absolute atomic E-state index is 13.0. The number of hydrogen-bond donors (Lipinski definition) is 3. The van der Waals surface area contributed by atoms with Crippen molar-refractivity contribution < 1.29 is 22.7 Å². The Morgan fingerprint density at radius 2 is 1.76 bits per heavy atom. The van der Waals surface area contributed by atoms with Crippen molar-refractivity contribution in [3.63, 3.8) is 0 Å². The largest absolute Gasteiger partial charge is 0.573 e. The number of primary amides is 1. The van der Waals surface area contributed by atoms with Crippen molar-refractivity contribution in [3.05, 3.63) is 53.6 Å². The molecule has 0 atom stereocenters. The highest BCUT2D eigenvalue weighted by atomic mass is 35.5. The van der Waals surface area contributed by atoms with Crippen LogP contribution in [0.5, 0.6) is 5.75 Å². The lowest BCUT2D eigenvalue weighted by molar-refractivity contribution is -0.275. The van der Waals surface area contributed by atoms with Crippen molar-refractivity contribution in [2.75, 3.05) is 17.7 Å². The summed E-state index contributed by atoms with van der Waals surface area (Å²) >= 11 is 0. The van der Waals surface area contributed by atoms with E-state index in [0.29, 0.717) is 43.0 Å². The van der Waals surface area contributed by atoms with Crippen LogP contribution in [0.2, 0.25) is 0 Å². The van der Waals surface area contributed by atoms with Crippen LogP contribution in [0.3, 0.4) is 0 Å². The fourth-order valence-electron chi connectivity index (χ4n) is 4.36. The molecule has 182 valence electrons. The number of aromatic nitrogens is 2. The molecular formula is C23H25ClF3N5O2. The third-order valence-electron chi connectivity index (χ3n) is 5.87. The van der Waals surface area contributed by atoms with Crippen LogP contribution in [-0.2, 0) is 0 Å². The van der Waals surface area contributed by atoms with Crippen LogP contribution in [0.1, 0.15) is 47.5 Å². The minimum Gasteiger partial charge on any atom is -0.405 e. The number of nitrogens with one attached hydrogen (secondary N) is 2. The highest BCUT2D eigenvalue weighted by Gasteiger charge is 2.36. The van der Waals surface area contributed by atoms with E-state index in [1.54, 1.807) is 13.1 Å². The van der Waals surface area contributed by atoms with Crippen LogP contribution in [0, 0.1) is 0 Å². The molecule has 34 heavy (non-hydrogen) atoms. The van der Waals surface area contributed by atoms with Gasteiger partial charge in [-0.05, 0) is 55.4 Å². The van der Waals surface area contributed by atoms with E-state index in [-0.39, 0.29) is 29.9 Å². The van der Waals surface area contributed by atoms with E-state index in [2.05, 4.69) is 25.3 Å². The number of hydrogen-bond acceptors (Lipinski definition) is 6. The molecule has 1 aromatic heterocycles. The third kappa shape index (κ3) is 5.61. The lowest BCUT2D eigenvalue weighted by atomic mass is 9.81. The van der Waals surface area contributed by atoms with Gasteiger partial charge in [0.15, 0.2) is 0 Å². The lowest BCUT2D eigenvalue weighted by Crippen LogP contribution is -2.28. The van der Waals surface area contributed by atoms with Crippen LogP contribution in [0.4, 0.5) is 24.9 Å². The van der Waals surface area contributed by atoms with Crippen LogP contribution < -0.4 is 21.1 Å². The summed E-state index contributed by atoms with van der Waals surface area (Å²) in [5.74, 6) is -0.428. The van der Waals surface area contributed by atoms with Gasteiger partial charge in [0.05, 0.1) is 11.1 Å². The van der Waals surface area contributed by atoms with Gasteiger partial charge >= 0.3 is 6.36 Å². The highest BCUT2D eigenvalue weighted by molar-refractivity contribution is 5.96. The summed E-state index contributed by atoms with van der Waals surface area (Å²) < 4.78 is 43.2. The number of ether oxygens (including phenoxy) is 1. The molecule has 2 aromatic carbocycles. The summed E-state index contributed by atoms with van der Waals surface area (Å²) in [5.41, 5.74) is 6.18. The van der Waals surface area contributed by atoms with Gasteiger partial charge in [0.1, 0.15) is 11.6 Å². The number of nitrogens with zero attached hydrogens (tertiary/aromatic N) is 2. The molecule has 1 aliphatic rings. The fraction of sp³-hybridized carbons (Fsp3) is 0.348. The van der Waals surface area contributed by atoms with Crippen LogP contribution >= 0.6 is 12.4 Å². The molecule has 1 amide bonds. The first-order valence-electron chi connectivity index (χ1n) is 10.6. The Kier molecular flexibility index (Phi) is 7.71. The predicted octanol–water partition coefficient (Wildman–Crippen LogP) is 5.23. The molecule has 11 heteroatoms. The van der Waals surface area contributed by atoms with Crippen molar-refractivity contribution in [2.24, 2.45) is 5.73 Å². The number of fused-ring (bicyclic) bond motifs is 1. The summed E-state index contributed by atoms with van der Waals surface area (Å²) in [6, 6.07) is 12.1. The minimum atomic E-state index is -4.92. The Hall–Kier alpha value is -3.27. The summed E-state index contributed by atoms with van der Waals surface area (Å²) in [6.07, 6.45) is -2.30. The Labute approximate surface area is 200 Å². The van der Waals surface area contributed by atoms with Crippen LogP contribution in [-0.4, -0.2) is 35.3 Å². The Balaban J connectivity index is 0.00000324. The molecule has 1 saturated carbocycles. The van der Waals surface area contributed by atoms with Crippen molar-refractivity contribution in [3.8, 4) is 5.75 Å². The molecule has 0 unspecified atom stereocenters. The summed E-state index contributed by atoms with van der Waals surface area (Å²) in [6.45, 7) is 0. The molecule has 1 heterocycles. The number of benzene rings is 2. The average molecular weight is 496 g/mol. The van der Waals surface area contributed by atoms with E-state index in [0.717, 1.165) is 10.9 Å². The number of halogens is 4. The van der Waals surface area contributed by atoms with Gasteiger partial charge in [-0.25, -0.2) is 4.98 Å². The monoisotopic (exact) mass is 495 g/mol. The number of amides is 1. The zero-order chi connectivity index (χ0) is 23.6. The maximum atomic E-state index is 13.0. The predicted molar refractivity (Wildman–Crippen MR) is 127 cm³/mol. The third-order valence-corrected chi connectivity index (χ3v) is 5.87. The van der Waals surface area contributed by atoms with E-state index < -0.39 is 18.0 Å².